The quantitative estimate of drug-likeness (QED) is 0.730. The number of aryl methyl sites for hydroxylation is 1. The van der Waals surface area contributed by atoms with Gasteiger partial charge in [0.05, 0.1) is 5.92 Å². The Morgan fingerprint density at radius 3 is 2.73 bits per heavy atom. The largest absolute Gasteiger partial charge is 0.332 e. The van der Waals surface area contributed by atoms with Gasteiger partial charge >= 0.3 is 0 Å². The number of imidazole rings is 1. The van der Waals surface area contributed by atoms with Gasteiger partial charge in [-0.2, -0.15) is 5.10 Å². The molecule has 0 radical (unpaired) electrons. The molecule has 0 N–H and O–H groups in total. The third-order valence-electron chi connectivity index (χ3n) is 5.09. The third kappa shape index (κ3) is 2.71. The number of nitrogens with zero attached hydrogens (tertiary/aromatic N) is 5. The highest BCUT2D eigenvalue weighted by Gasteiger charge is 2.32. The second-order valence-corrected chi connectivity index (χ2v) is 7.06. The molecule has 1 aromatic carbocycles. The summed E-state index contributed by atoms with van der Waals surface area (Å²) in [5.74, 6) is 1.08. The van der Waals surface area contributed by atoms with E-state index < -0.39 is 0 Å². The van der Waals surface area contributed by atoms with Crippen LogP contribution >= 0.6 is 0 Å². The monoisotopic (exact) mass is 349 g/mol. The number of hydrogen-bond acceptors (Lipinski definition) is 3. The predicted octanol–water partition coefficient (Wildman–Crippen LogP) is 2.99. The molecule has 1 aliphatic rings. The van der Waals surface area contributed by atoms with Crippen molar-refractivity contribution in [3.63, 3.8) is 0 Å². The molecule has 3 heterocycles. The smallest absolute Gasteiger partial charge is 0.272 e. The molecule has 0 saturated heterocycles. The van der Waals surface area contributed by atoms with Crippen LogP contribution in [0.25, 0.3) is 0 Å². The highest BCUT2D eigenvalue weighted by atomic mass is 16.2. The van der Waals surface area contributed by atoms with Crippen molar-refractivity contribution in [2.45, 2.75) is 32.4 Å². The molecule has 6 heteroatoms. The molecule has 2 aromatic heterocycles. The van der Waals surface area contributed by atoms with Crippen molar-refractivity contribution in [3.8, 4) is 0 Å². The highest BCUT2D eigenvalue weighted by Crippen LogP contribution is 2.34. The molecule has 0 spiro atoms. The average Bonchev–Trinajstić information content (AvgIpc) is 3.29. The van der Waals surface area contributed by atoms with Crippen molar-refractivity contribution in [1.82, 2.24) is 24.2 Å². The third-order valence-corrected chi connectivity index (χ3v) is 5.09. The first-order valence-corrected chi connectivity index (χ1v) is 8.94. The topological polar surface area (TPSA) is 56.0 Å². The first-order chi connectivity index (χ1) is 12.6. The van der Waals surface area contributed by atoms with Gasteiger partial charge in [0.1, 0.15) is 11.5 Å². The highest BCUT2D eigenvalue weighted by molar-refractivity contribution is 5.92. The Hall–Kier alpha value is -2.89. The van der Waals surface area contributed by atoms with E-state index in [0.29, 0.717) is 24.8 Å². The first kappa shape index (κ1) is 16.6. The van der Waals surface area contributed by atoms with E-state index in [2.05, 4.69) is 46.7 Å². The molecule has 134 valence electrons. The SMILES string of the molecule is CC(C)n1ccnc1[C@H]1CN(C(=O)c2ccnn2C)Cc2ccccc21. The number of amides is 1. The van der Waals surface area contributed by atoms with E-state index >= 15 is 0 Å². The van der Waals surface area contributed by atoms with Crippen molar-refractivity contribution in [1.29, 1.82) is 0 Å². The Kier molecular flexibility index (Phi) is 4.11. The van der Waals surface area contributed by atoms with Crippen LogP contribution in [0.4, 0.5) is 0 Å². The fourth-order valence-corrected chi connectivity index (χ4v) is 3.76. The Balaban J connectivity index is 1.75. The van der Waals surface area contributed by atoms with Crippen LogP contribution in [0.1, 0.15) is 53.2 Å². The van der Waals surface area contributed by atoms with E-state index in [1.165, 1.54) is 11.1 Å². The molecule has 0 fully saturated rings. The minimum atomic E-state index is 0.00663. The zero-order valence-corrected chi connectivity index (χ0v) is 15.3. The summed E-state index contributed by atoms with van der Waals surface area (Å²) in [4.78, 5) is 19.6. The van der Waals surface area contributed by atoms with Gasteiger partial charge in [-0.25, -0.2) is 4.98 Å². The number of hydrogen-bond donors (Lipinski definition) is 0. The van der Waals surface area contributed by atoms with Crippen molar-refractivity contribution in [2.75, 3.05) is 6.54 Å². The molecule has 0 unspecified atom stereocenters. The lowest BCUT2D eigenvalue weighted by Gasteiger charge is -2.35. The number of aromatic nitrogens is 4. The van der Waals surface area contributed by atoms with Gasteiger partial charge in [-0.05, 0) is 31.0 Å². The van der Waals surface area contributed by atoms with Crippen LogP contribution in [0.15, 0.2) is 48.9 Å². The summed E-state index contributed by atoms with van der Waals surface area (Å²) >= 11 is 0. The van der Waals surface area contributed by atoms with Gasteiger partial charge in [-0.15, -0.1) is 0 Å². The summed E-state index contributed by atoms with van der Waals surface area (Å²) in [6.07, 6.45) is 5.53. The van der Waals surface area contributed by atoms with Gasteiger partial charge in [-0.1, -0.05) is 24.3 Å². The molecule has 0 saturated carbocycles. The minimum Gasteiger partial charge on any atom is -0.332 e. The number of benzene rings is 1. The van der Waals surface area contributed by atoms with Gasteiger partial charge in [0.2, 0.25) is 0 Å². The lowest BCUT2D eigenvalue weighted by Crippen LogP contribution is -2.40. The zero-order chi connectivity index (χ0) is 18.3. The number of rotatable bonds is 3. The van der Waals surface area contributed by atoms with E-state index in [1.807, 2.05) is 23.4 Å². The molecule has 1 atom stereocenters. The zero-order valence-electron chi connectivity index (χ0n) is 15.3. The van der Waals surface area contributed by atoms with Crippen LogP contribution in [0.5, 0.6) is 0 Å². The van der Waals surface area contributed by atoms with Crippen LogP contribution in [0.2, 0.25) is 0 Å². The van der Waals surface area contributed by atoms with Crippen molar-refractivity contribution < 1.29 is 4.79 Å². The summed E-state index contributed by atoms with van der Waals surface area (Å²) in [6.45, 7) is 5.53. The Labute approximate surface area is 153 Å². The second kappa shape index (κ2) is 6.44. The molecule has 1 aliphatic heterocycles. The summed E-state index contributed by atoms with van der Waals surface area (Å²) in [7, 11) is 1.80. The van der Waals surface area contributed by atoms with Crippen molar-refractivity contribution >= 4 is 5.91 Å². The molecule has 26 heavy (non-hydrogen) atoms. The normalized spacial score (nSPS) is 16.8. The summed E-state index contributed by atoms with van der Waals surface area (Å²) in [6, 6.07) is 10.4. The molecular weight excluding hydrogens is 326 g/mol. The fraction of sp³-hybridized carbons (Fsp3) is 0.350. The van der Waals surface area contributed by atoms with E-state index in [1.54, 1.807) is 24.0 Å². The van der Waals surface area contributed by atoms with Gasteiger partial charge in [0.15, 0.2) is 0 Å². The van der Waals surface area contributed by atoms with Crippen molar-refractivity contribution in [3.05, 3.63) is 71.6 Å². The second-order valence-electron chi connectivity index (χ2n) is 7.06. The maximum Gasteiger partial charge on any atom is 0.272 e. The van der Waals surface area contributed by atoms with Crippen LogP contribution in [-0.4, -0.2) is 36.7 Å². The Morgan fingerprint density at radius 2 is 2.00 bits per heavy atom. The summed E-state index contributed by atoms with van der Waals surface area (Å²) in [5, 5.41) is 4.14. The van der Waals surface area contributed by atoms with E-state index in [-0.39, 0.29) is 11.8 Å². The minimum absolute atomic E-state index is 0.00663. The van der Waals surface area contributed by atoms with E-state index in [4.69, 9.17) is 0 Å². The standard InChI is InChI=1S/C20H23N5O/c1-14(2)25-11-10-21-19(25)17-13-24(12-15-6-4-5-7-16(15)17)20(26)18-8-9-22-23(18)3/h4-11,14,17H,12-13H2,1-3H3/t17-/m0/s1. The van der Waals surface area contributed by atoms with E-state index in [0.717, 1.165) is 5.82 Å². The van der Waals surface area contributed by atoms with Crippen LogP contribution in [0, 0.1) is 0 Å². The maximum absolute atomic E-state index is 13.1. The molecule has 4 rings (SSSR count). The molecular formula is C20H23N5O. The Bertz CT molecular complexity index is 939. The van der Waals surface area contributed by atoms with Gasteiger partial charge in [0.25, 0.3) is 5.91 Å². The maximum atomic E-state index is 13.1. The van der Waals surface area contributed by atoms with Crippen LogP contribution in [-0.2, 0) is 13.6 Å². The van der Waals surface area contributed by atoms with Gasteiger partial charge in [-0.3, -0.25) is 9.48 Å². The summed E-state index contributed by atoms with van der Waals surface area (Å²) < 4.78 is 3.83. The number of carbonyl (C=O) groups is 1. The first-order valence-electron chi connectivity index (χ1n) is 8.94. The molecule has 6 nitrogen and oxygen atoms in total. The molecule has 3 aromatic rings. The summed E-state index contributed by atoms with van der Waals surface area (Å²) in [5.41, 5.74) is 3.04. The van der Waals surface area contributed by atoms with Gasteiger partial charge < -0.3 is 9.47 Å². The van der Waals surface area contributed by atoms with Gasteiger partial charge in [0, 0.05) is 44.8 Å². The predicted molar refractivity (Wildman–Crippen MR) is 98.8 cm³/mol. The lowest BCUT2D eigenvalue weighted by molar-refractivity contribution is 0.0711. The van der Waals surface area contributed by atoms with Crippen LogP contribution < -0.4 is 0 Å². The van der Waals surface area contributed by atoms with E-state index in [9.17, 15) is 4.79 Å². The Morgan fingerprint density at radius 1 is 1.19 bits per heavy atom. The number of carbonyl (C=O) groups excluding carboxylic acids is 1. The molecule has 0 aliphatic carbocycles. The fourth-order valence-electron chi connectivity index (χ4n) is 3.76. The number of fused-ring (bicyclic) bond motifs is 1. The lowest BCUT2D eigenvalue weighted by atomic mass is 9.88. The average molecular weight is 349 g/mol. The molecule has 0 bridgehead atoms. The molecule has 1 amide bonds. The van der Waals surface area contributed by atoms with Crippen LogP contribution in [0.3, 0.4) is 0 Å². The van der Waals surface area contributed by atoms with Crippen molar-refractivity contribution in [2.24, 2.45) is 7.05 Å².